The summed E-state index contributed by atoms with van der Waals surface area (Å²) >= 11 is 16.2. The Balaban J connectivity index is 2.59. The Morgan fingerprint density at radius 1 is 1.33 bits per heavy atom. The number of hydrogen-bond donors (Lipinski definition) is 2. The number of halogens is 3. The van der Waals surface area contributed by atoms with Gasteiger partial charge >= 0.3 is 6.09 Å². The molecule has 1 aromatic carbocycles. The predicted molar refractivity (Wildman–Crippen MR) is 70.2 cm³/mol. The lowest BCUT2D eigenvalue weighted by Crippen LogP contribution is -2.21. The fourth-order valence-electron chi connectivity index (χ4n) is 1.05. The van der Waals surface area contributed by atoms with Crippen LogP contribution in [0.4, 0.5) is 10.5 Å². The number of carbonyl (C=O) groups excluding carboxylic acids is 2. The molecule has 0 heterocycles. The summed E-state index contributed by atoms with van der Waals surface area (Å²) in [7, 11) is 0. The number of nitrogens with one attached hydrogen (secondary N) is 1. The standard InChI is InChI=1S/C10H9Cl3N2O3/c11-10(12,13)5-18-9(17)15-7-3-1-2-6(4-7)8(14)16/h1-4H,5H2,(H2,14,16)(H,15,17). The van der Waals surface area contributed by atoms with Gasteiger partial charge in [-0.05, 0) is 18.2 Å². The highest BCUT2D eigenvalue weighted by molar-refractivity contribution is 6.67. The molecule has 0 radical (unpaired) electrons. The van der Waals surface area contributed by atoms with Crippen molar-refractivity contribution in [2.45, 2.75) is 3.79 Å². The molecule has 0 atom stereocenters. The molecule has 0 aromatic heterocycles. The highest BCUT2D eigenvalue weighted by atomic mass is 35.6. The normalized spacial score (nSPS) is 10.8. The van der Waals surface area contributed by atoms with Crippen LogP contribution in [0.3, 0.4) is 0 Å². The van der Waals surface area contributed by atoms with E-state index in [1.54, 1.807) is 12.1 Å². The van der Waals surface area contributed by atoms with Crippen LogP contribution in [0.2, 0.25) is 0 Å². The van der Waals surface area contributed by atoms with Gasteiger partial charge in [0.2, 0.25) is 9.70 Å². The summed E-state index contributed by atoms with van der Waals surface area (Å²) in [6, 6.07) is 6.03. The Labute approximate surface area is 118 Å². The van der Waals surface area contributed by atoms with Crippen LogP contribution in [0.5, 0.6) is 0 Å². The largest absolute Gasteiger partial charge is 0.445 e. The number of primary amides is 1. The minimum absolute atomic E-state index is 0.258. The maximum atomic E-state index is 11.3. The van der Waals surface area contributed by atoms with E-state index in [2.05, 4.69) is 10.1 Å². The van der Waals surface area contributed by atoms with Gasteiger partial charge in [0.15, 0.2) is 0 Å². The van der Waals surface area contributed by atoms with Crippen molar-refractivity contribution >= 4 is 52.5 Å². The van der Waals surface area contributed by atoms with E-state index < -0.39 is 15.8 Å². The van der Waals surface area contributed by atoms with Crippen LogP contribution in [0.1, 0.15) is 10.4 Å². The van der Waals surface area contributed by atoms with E-state index in [4.69, 9.17) is 40.5 Å². The number of rotatable bonds is 3. The highest BCUT2D eigenvalue weighted by Gasteiger charge is 2.22. The van der Waals surface area contributed by atoms with Gasteiger partial charge in [0.25, 0.3) is 0 Å². The van der Waals surface area contributed by atoms with Crippen LogP contribution in [0.25, 0.3) is 0 Å². The lowest BCUT2D eigenvalue weighted by atomic mass is 10.2. The Hall–Kier alpha value is -1.17. The van der Waals surface area contributed by atoms with Crippen molar-refractivity contribution in [1.29, 1.82) is 0 Å². The van der Waals surface area contributed by atoms with Crippen LogP contribution in [0, 0.1) is 0 Å². The number of carbonyl (C=O) groups is 2. The number of benzene rings is 1. The minimum atomic E-state index is -1.67. The molecule has 0 bridgehead atoms. The highest BCUT2D eigenvalue weighted by Crippen LogP contribution is 2.26. The molecular weight excluding hydrogens is 302 g/mol. The molecule has 0 aliphatic carbocycles. The molecule has 1 rings (SSSR count). The van der Waals surface area contributed by atoms with E-state index >= 15 is 0 Å². The zero-order valence-corrected chi connectivity index (χ0v) is 11.2. The second-order valence-corrected chi connectivity index (χ2v) is 5.78. The third-order valence-electron chi connectivity index (χ3n) is 1.76. The number of nitrogens with two attached hydrogens (primary N) is 1. The van der Waals surface area contributed by atoms with E-state index in [1.165, 1.54) is 12.1 Å². The molecule has 0 aliphatic rings. The Morgan fingerprint density at radius 2 is 2.00 bits per heavy atom. The van der Waals surface area contributed by atoms with Crippen molar-refractivity contribution in [3.8, 4) is 0 Å². The smallest absolute Gasteiger partial charge is 0.411 e. The predicted octanol–water partition coefficient (Wildman–Crippen LogP) is 2.70. The molecule has 0 fully saturated rings. The third-order valence-corrected chi connectivity index (χ3v) is 2.09. The molecule has 0 spiro atoms. The number of hydrogen-bond acceptors (Lipinski definition) is 3. The van der Waals surface area contributed by atoms with Crippen LogP contribution in [-0.2, 0) is 4.74 Å². The van der Waals surface area contributed by atoms with E-state index in [0.29, 0.717) is 5.69 Å². The summed E-state index contributed by atoms with van der Waals surface area (Å²) in [6.07, 6.45) is -0.803. The van der Waals surface area contributed by atoms with Crippen molar-refractivity contribution in [1.82, 2.24) is 0 Å². The molecule has 0 saturated carbocycles. The lowest BCUT2D eigenvalue weighted by Gasteiger charge is -2.12. The van der Waals surface area contributed by atoms with Crippen molar-refractivity contribution < 1.29 is 14.3 Å². The number of amides is 2. The summed E-state index contributed by atoms with van der Waals surface area (Å²) < 4.78 is 2.97. The Kier molecular flexibility index (Phi) is 5.07. The Bertz CT molecular complexity index is 460. The van der Waals surface area contributed by atoms with Gasteiger partial charge in [0.05, 0.1) is 0 Å². The van der Waals surface area contributed by atoms with Crippen molar-refractivity contribution in [3.63, 3.8) is 0 Å². The SMILES string of the molecule is NC(=O)c1cccc(NC(=O)OCC(Cl)(Cl)Cl)c1. The molecule has 3 N–H and O–H groups in total. The fraction of sp³-hybridized carbons (Fsp3) is 0.200. The third kappa shape index (κ3) is 5.44. The molecule has 18 heavy (non-hydrogen) atoms. The number of alkyl halides is 3. The average molecular weight is 312 g/mol. The van der Waals surface area contributed by atoms with Gasteiger partial charge in [-0.25, -0.2) is 4.79 Å². The monoisotopic (exact) mass is 310 g/mol. The topological polar surface area (TPSA) is 81.4 Å². The molecule has 1 aromatic rings. The summed E-state index contributed by atoms with van der Waals surface area (Å²) in [5.41, 5.74) is 5.70. The Morgan fingerprint density at radius 3 is 2.56 bits per heavy atom. The fourth-order valence-corrected chi connectivity index (χ4v) is 1.22. The molecule has 98 valence electrons. The van der Waals surface area contributed by atoms with Gasteiger partial charge in [-0.3, -0.25) is 10.1 Å². The molecule has 0 aliphatic heterocycles. The molecule has 5 nitrogen and oxygen atoms in total. The quantitative estimate of drug-likeness (QED) is 0.842. The van der Waals surface area contributed by atoms with Gasteiger partial charge in [-0.1, -0.05) is 40.9 Å². The van der Waals surface area contributed by atoms with E-state index in [9.17, 15) is 9.59 Å². The number of ether oxygens (including phenoxy) is 1. The first-order valence-corrected chi connectivity index (χ1v) is 5.82. The van der Waals surface area contributed by atoms with E-state index in [1.807, 2.05) is 0 Å². The molecule has 8 heteroatoms. The lowest BCUT2D eigenvalue weighted by molar-refractivity contribution is 0.1000. The van der Waals surface area contributed by atoms with Gasteiger partial charge in [0.1, 0.15) is 6.61 Å². The van der Waals surface area contributed by atoms with Crippen molar-refractivity contribution in [2.24, 2.45) is 5.73 Å². The zero-order chi connectivity index (χ0) is 13.8. The molecule has 0 saturated heterocycles. The average Bonchev–Trinajstić information content (AvgIpc) is 2.26. The van der Waals surface area contributed by atoms with Gasteiger partial charge in [-0.2, -0.15) is 0 Å². The van der Waals surface area contributed by atoms with Gasteiger partial charge < -0.3 is 10.5 Å². The summed E-state index contributed by atoms with van der Waals surface area (Å²) in [5.74, 6) is -0.603. The first-order valence-electron chi connectivity index (χ1n) is 4.68. The molecular formula is C10H9Cl3N2O3. The van der Waals surface area contributed by atoms with Crippen LogP contribution < -0.4 is 11.1 Å². The first-order chi connectivity index (χ1) is 8.28. The van der Waals surface area contributed by atoms with E-state index in [0.717, 1.165) is 0 Å². The van der Waals surface area contributed by atoms with Crippen LogP contribution in [0.15, 0.2) is 24.3 Å². The maximum Gasteiger partial charge on any atom is 0.411 e. The van der Waals surface area contributed by atoms with Gasteiger partial charge in [0, 0.05) is 11.3 Å². The maximum absolute atomic E-state index is 11.3. The van der Waals surface area contributed by atoms with Crippen molar-refractivity contribution in [2.75, 3.05) is 11.9 Å². The molecule has 0 unspecified atom stereocenters. The minimum Gasteiger partial charge on any atom is -0.445 e. The van der Waals surface area contributed by atoms with Crippen LogP contribution >= 0.6 is 34.8 Å². The first kappa shape index (κ1) is 14.9. The van der Waals surface area contributed by atoms with Crippen molar-refractivity contribution in [3.05, 3.63) is 29.8 Å². The zero-order valence-electron chi connectivity index (χ0n) is 8.95. The number of anilines is 1. The van der Waals surface area contributed by atoms with E-state index in [-0.39, 0.29) is 12.2 Å². The summed E-state index contributed by atoms with van der Waals surface area (Å²) in [4.78, 5) is 22.2. The second kappa shape index (κ2) is 6.13. The molecule has 2 amide bonds. The summed E-state index contributed by atoms with van der Waals surface area (Å²) in [6.45, 7) is -0.390. The second-order valence-electron chi connectivity index (χ2n) is 3.26. The van der Waals surface area contributed by atoms with Crippen LogP contribution in [-0.4, -0.2) is 22.4 Å². The van der Waals surface area contributed by atoms with Gasteiger partial charge in [-0.15, -0.1) is 0 Å². The summed E-state index contributed by atoms with van der Waals surface area (Å²) in [5, 5.41) is 2.36.